The van der Waals surface area contributed by atoms with Gasteiger partial charge in [-0.1, -0.05) is 29.8 Å². The molecule has 0 radical (unpaired) electrons. The lowest BCUT2D eigenvalue weighted by atomic mass is 9.93. The molecule has 0 heterocycles. The lowest BCUT2D eigenvalue weighted by molar-refractivity contribution is 1.34. The molecule has 2 rings (SSSR count). The molecule has 1 nitrogen and oxygen atoms in total. The average molecular weight is 225 g/mol. The first-order valence-corrected chi connectivity index (χ1v) is 5.93. The molecule has 88 valence electrons. The predicted molar refractivity (Wildman–Crippen MR) is 75.2 cm³/mol. The molecule has 0 unspecified atom stereocenters. The van der Waals surface area contributed by atoms with E-state index in [1.807, 2.05) is 6.07 Å². The van der Waals surface area contributed by atoms with E-state index in [1.54, 1.807) is 0 Å². The SMILES string of the molecule is Cc1ccc(-c2c(C)cc(C)cc2N)c(C)c1. The molecule has 0 saturated carbocycles. The van der Waals surface area contributed by atoms with Crippen molar-refractivity contribution in [3.8, 4) is 11.1 Å². The molecule has 0 aliphatic heterocycles. The Hall–Kier alpha value is -1.76. The first-order chi connectivity index (χ1) is 7.99. The van der Waals surface area contributed by atoms with Crippen molar-refractivity contribution in [1.82, 2.24) is 0 Å². The minimum absolute atomic E-state index is 0.870. The number of nitrogens with two attached hydrogens (primary N) is 1. The second-order valence-electron chi connectivity index (χ2n) is 4.86. The number of rotatable bonds is 1. The fraction of sp³-hybridized carbons (Fsp3) is 0.250. The fourth-order valence-corrected chi connectivity index (χ4v) is 2.46. The summed E-state index contributed by atoms with van der Waals surface area (Å²) in [5.74, 6) is 0. The van der Waals surface area contributed by atoms with Crippen LogP contribution in [-0.4, -0.2) is 0 Å². The van der Waals surface area contributed by atoms with Crippen molar-refractivity contribution in [1.29, 1.82) is 0 Å². The number of benzene rings is 2. The van der Waals surface area contributed by atoms with Crippen LogP contribution in [0.5, 0.6) is 0 Å². The zero-order valence-electron chi connectivity index (χ0n) is 11.0. The summed E-state index contributed by atoms with van der Waals surface area (Å²) < 4.78 is 0. The van der Waals surface area contributed by atoms with Gasteiger partial charge in [-0.3, -0.25) is 0 Å². The van der Waals surface area contributed by atoms with Crippen LogP contribution in [0.25, 0.3) is 11.1 Å². The molecule has 2 aromatic rings. The van der Waals surface area contributed by atoms with Crippen LogP contribution in [0, 0.1) is 27.7 Å². The number of hydrogen-bond acceptors (Lipinski definition) is 1. The largest absolute Gasteiger partial charge is 0.398 e. The molecule has 17 heavy (non-hydrogen) atoms. The normalized spacial score (nSPS) is 10.6. The Labute approximate surface area is 103 Å². The summed E-state index contributed by atoms with van der Waals surface area (Å²) in [5, 5.41) is 0. The zero-order valence-corrected chi connectivity index (χ0v) is 11.0. The van der Waals surface area contributed by atoms with Crippen LogP contribution in [-0.2, 0) is 0 Å². The van der Waals surface area contributed by atoms with E-state index in [2.05, 4.69) is 52.0 Å². The van der Waals surface area contributed by atoms with Crippen molar-refractivity contribution in [3.05, 3.63) is 52.6 Å². The molecule has 0 bridgehead atoms. The van der Waals surface area contributed by atoms with E-state index in [0.29, 0.717) is 0 Å². The smallest absolute Gasteiger partial charge is 0.0399 e. The summed E-state index contributed by atoms with van der Waals surface area (Å²) in [4.78, 5) is 0. The maximum Gasteiger partial charge on any atom is 0.0399 e. The maximum absolute atomic E-state index is 6.16. The molecule has 0 atom stereocenters. The van der Waals surface area contributed by atoms with E-state index in [1.165, 1.54) is 33.4 Å². The summed E-state index contributed by atoms with van der Waals surface area (Å²) >= 11 is 0. The first kappa shape index (κ1) is 11.7. The second-order valence-corrected chi connectivity index (χ2v) is 4.86. The third-order valence-corrected chi connectivity index (χ3v) is 3.16. The maximum atomic E-state index is 6.16. The van der Waals surface area contributed by atoms with Crippen LogP contribution in [0.15, 0.2) is 30.3 Å². The van der Waals surface area contributed by atoms with Crippen molar-refractivity contribution in [2.45, 2.75) is 27.7 Å². The minimum Gasteiger partial charge on any atom is -0.398 e. The Morgan fingerprint density at radius 3 is 2.00 bits per heavy atom. The van der Waals surface area contributed by atoms with Crippen LogP contribution < -0.4 is 5.73 Å². The van der Waals surface area contributed by atoms with E-state index < -0.39 is 0 Å². The van der Waals surface area contributed by atoms with Crippen molar-refractivity contribution < 1.29 is 0 Å². The van der Waals surface area contributed by atoms with Crippen LogP contribution in [0.2, 0.25) is 0 Å². The van der Waals surface area contributed by atoms with Crippen LogP contribution in [0.4, 0.5) is 5.69 Å². The van der Waals surface area contributed by atoms with Gasteiger partial charge in [-0.25, -0.2) is 0 Å². The van der Waals surface area contributed by atoms with Crippen LogP contribution in [0.1, 0.15) is 22.3 Å². The fourth-order valence-electron chi connectivity index (χ4n) is 2.46. The number of anilines is 1. The summed E-state index contributed by atoms with van der Waals surface area (Å²) in [6.45, 7) is 8.45. The van der Waals surface area contributed by atoms with Crippen LogP contribution in [0.3, 0.4) is 0 Å². The molecular formula is C16H19N. The van der Waals surface area contributed by atoms with Gasteiger partial charge in [-0.2, -0.15) is 0 Å². The molecule has 1 heteroatoms. The van der Waals surface area contributed by atoms with Crippen molar-refractivity contribution in [2.24, 2.45) is 0 Å². The third kappa shape index (κ3) is 2.19. The highest BCUT2D eigenvalue weighted by Crippen LogP contribution is 2.33. The first-order valence-electron chi connectivity index (χ1n) is 5.93. The lowest BCUT2D eigenvalue weighted by Gasteiger charge is -2.14. The van der Waals surface area contributed by atoms with Crippen molar-refractivity contribution >= 4 is 5.69 Å². The summed E-state index contributed by atoms with van der Waals surface area (Å²) in [5.41, 5.74) is 14.5. The van der Waals surface area contributed by atoms with Gasteiger partial charge >= 0.3 is 0 Å². The Balaban J connectivity index is 2.68. The van der Waals surface area contributed by atoms with Gasteiger partial charge in [0, 0.05) is 11.3 Å². The highest BCUT2D eigenvalue weighted by molar-refractivity contribution is 5.81. The Morgan fingerprint density at radius 1 is 0.765 bits per heavy atom. The van der Waals surface area contributed by atoms with Crippen LogP contribution >= 0.6 is 0 Å². The molecule has 0 amide bonds. The predicted octanol–water partition coefficient (Wildman–Crippen LogP) is 4.17. The summed E-state index contributed by atoms with van der Waals surface area (Å²) in [6, 6.07) is 10.7. The standard InChI is InChI=1S/C16H19N/c1-10-5-6-14(12(3)7-10)16-13(4)8-11(2)9-15(16)17/h5-9H,17H2,1-4H3. The average Bonchev–Trinajstić information content (AvgIpc) is 2.19. The van der Waals surface area contributed by atoms with Gasteiger partial charge in [-0.15, -0.1) is 0 Å². The van der Waals surface area contributed by atoms with E-state index in [0.717, 1.165) is 5.69 Å². The number of aryl methyl sites for hydroxylation is 4. The van der Waals surface area contributed by atoms with E-state index in [-0.39, 0.29) is 0 Å². The zero-order chi connectivity index (χ0) is 12.6. The highest BCUT2D eigenvalue weighted by Gasteiger charge is 2.09. The quantitative estimate of drug-likeness (QED) is 0.724. The molecule has 0 aliphatic rings. The number of hydrogen-bond donors (Lipinski definition) is 1. The Kier molecular flexibility index (Phi) is 2.93. The lowest BCUT2D eigenvalue weighted by Crippen LogP contribution is -1.96. The molecule has 2 N–H and O–H groups in total. The van der Waals surface area contributed by atoms with Gasteiger partial charge in [-0.05, 0) is 56.0 Å². The van der Waals surface area contributed by atoms with Crippen molar-refractivity contribution in [2.75, 3.05) is 5.73 Å². The van der Waals surface area contributed by atoms with Gasteiger partial charge < -0.3 is 5.73 Å². The van der Waals surface area contributed by atoms with Crippen molar-refractivity contribution in [3.63, 3.8) is 0 Å². The summed E-state index contributed by atoms with van der Waals surface area (Å²) in [7, 11) is 0. The molecule has 0 saturated heterocycles. The highest BCUT2D eigenvalue weighted by atomic mass is 14.6. The second kappa shape index (κ2) is 4.25. The van der Waals surface area contributed by atoms with E-state index in [9.17, 15) is 0 Å². The monoisotopic (exact) mass is 225 g/mol. The number of nitrogen functional groups attached to an aromatic ring is 1. The molecule has 0 spiro atoms. The third-order valence-electron chi connectivity index (χ3n) is 3.16. The Bertz CT molecular complexity index is 545. The topological polar surface area (TPSA) is 26.0 Å². The van der Waals surface area contributed by atoms with Gasteiger partial charge in [0.15, 0.2) is 0 Å². The van der Waals surface area contributed by atoms with E-state index in [4.69, 9.17) is 5.73 Å². The Morgan fingerprint density at radius 2 is 1.41 bits per heavy atom. The molecular weight excluding hydrogens is 206 g/mol. The molecule has 0 fully saturated rings. The molecule has 2 aromatic carbocycles. The molecule has 0 aliphatic carbocycles. The van der Waals surface area contributed by atoms with Gasteiger partial charge in [0.05, 0.1) is 0 Å². The van der Waals surface area contributed by atoms with E-state index >= 15 is 0 Å². The van der Waals surface area contributed by atoms with Gasteiger partial charge in [0.1, 0.15) is 0 Å². The van der Waals surface area contributed by atoms with Gasteiger partial charge in [0.25, 0.3) is 0 Å². The minimum atomic E-state index is 0.870. The molecule has 0 aromatic heterocycles. The summed E-state index contributed by atoms with van der Waals surface area (Å²) in [6.07, 6.45) is 0. The van der Waals surface area contributed by atoms with Gasteiger partial charge in [0.2, 0.25) is 0 Å².